The molecular weight excluding hydrogens is 274 g/mol. The van der Waals surface area contributed by atoms with Crippen molar-refractivity contribution < 1.29 is 0 Å². The van der Waals surface area contributed by atoms with Crippen LogP contribution in [0.1, 0.15) is 46.5 Å². The summed E-state index contributed by atoms with van der Waals surface area (Å²) in [4.78, 5) is 17.5. The second kappa shape index (κ2) is 6.12. The van der Waals surface area contributed by atoms with Gasteiger partial charge >= 0.3 is 0 Å². The van der Waals surface area contributed by atoms with Gasteiger partial charge in [-0.2, -0.15) is 15.0 Å². The number of piperidine rings is 1. The molecule has 20 heavy (non-hydrogen) atoms. The van der Waals surface area contributed by atoms with Crippen LogP contribution in [0.3, 0.4) is 0 Å². The van der Waals surface area contributed by atoms with Crippen molar-refractivity contribution in [2.45, 2.75) is 52.0 Å². The van der Waals surface area contributed by atoms with Crippen molar-refractivity contribution in [2.75, 3.05) is 29.9 Å². The molecule has 5 nitrogen and oxygen atoms in total. The number of hydrogen-bond donors (Lipinski definition) is 0. The molecule has 1 aromatic rings. The molecule has 0 aliphatic carbocycles. The zero-order valence-corrected chi connectivity index (χ0v) is 13.6. The Morgan fingerprint density at radius 3 is 2.40 bits per heavy atom. The first-order valence-corrected chi connectivity index (χ1v) is 7.72. The van der Waals surface area contributed by atoms with Crippen molar-refractivity contribution in [3.63, 3.8) is 0 Å². The van der Waals surface area contributed by atoms with Crippen molar-refractivity contribution in [1.29, 1.82) is 0 Å². The van der Waals surface area contributed by atoms with E-state index >= 15 is 0 Å². The summed E-state index contributed by atoms with van der Waals surface area (Å²) in [6.45, 7) is 8.50. The van der Waals surface area contributed by atoms with Gasteiger partial charge in [0.25, 0.3) is 0 Å². The molecule has 1 aliphatic rings. The third-order valence-electron chi connectivity index (χ3n) is 4.30. The van der Waals surface area contributed by atoms with E-state index in [0.717, 1.165) is 19.5 Å². The minimum atomic E-state index is -0.0101. The first kappa shape index (κ1) is 15.3. The average Bonchev–Trinajstić information content (AvgIpc) is 2.46. The maximum absolute atomic E-state index is 6.09. The molecule has 6 heteroatoms. The van der Waals surface area contributed by atoms with Crippen molar-refractivity contribution in [2.24, 2.45) is 0 Å². The first-order valence-electron chi connectivity index (χ1n) is 7.34. The van der Waals surface area contributed by atoms with Crippen LogP contribution in [-0.2, 0) is 0 Å². The molecule has 112 valence electrons. The Morgan fingerprint density at radius 1 is 1.15 bits per heavy atom. The molecule has 0 radical (unpaired) electrons. The van der Waals surface area contributed by atoms with Crippen LogP contribution < -0.4 is 9.80 Å². The molecule has 0 spiro atoms. The number of halogens is 1. The number of hydrogen-bond acceptors (Lipinski definition) is 5. The molecule has 2 rings (SSSR count). The third kappa shape index (κ3) is 3.32. The number of nitrogens with zero attached hydrogens (tertiary/aromatic N) is 5. The summed E-state index contributed by atoms with van der Waals surface area (Å²) >= 11 is 6.09. The lowest BCUT2D eigenvalue weighted by atomic mass is 10.0. The lowest BCUT2D eigenvalue weighted by Gasteiger charge is -2.35. The van der Waals surface area contributed by atoms with Gasteiger partial charge in [-0.15, -0.1) is 0 Å². The Bertz CT molecular complexity index is 457. The van der Waals surface area contributed by atoms with Crippen LogP contribution in [0.15, 0.2) is 0 Å². The summed E-state index contributed by atoms with van der Waals surface area (Å²) < 4.78 is 0. The standard InChI is InChI=1S/C14H24ClN5/c1-5-14(2,3)19(4)12-16-11(15)17-13(18-12)20-9-7-6-8-10-20/h5-10H2,1-4H3. The monoisotopic (exact) mass is 297 g/mol. The quantitative estimate of drug-likeness (QED) is 0.854. The summed E-state index contributed by atoms with van der Waals surface area (Å²) in [5.74, 6) is 1.36. The van der Waals surface area contributed by atoms with Gasteiger partial charge in [-0.25, -0.2) is 0 Å². The van der Waals surface area contributed by atoms with E-state index in [4.69, 9.17) is 11.6 Å². The Hall–Kier alpha value is -1.10. The maximum atomic E-state index is 6.09. The zero-order valence-electron chi connectivity index (χ0n) is 12.9. The normalized spacial score (nSPS) is 16.4. The zero-order chi connectivity index (χ0) is 14.8. The Kier molecular flexibility index (Phi) is 4.68. The minimum Gasteiger partial charge on any atom is -0.341 e. The molecule has 0 aromatic carbocycles. The molecule has 0 bridgehead atoms. The van der Waals surface area contributed by atoms with Gasteiger partial charge in [-0.3, -0.25) is 0 Å². The van der Waals surface area contributed by atoms with E-state index in [1.54, 1.807) is 0 Å². The van der Waals surface area contributed by atoms with Crippen LogP contribution in [0.2, 0.25) is 5.28 Å². The van der Waals surface area contributed by atoms with Gasteiger partial charge in [0, 0.05) is 25.7 Å². The van der Waals surface area contributed by atoms with E-state index in [1.807, 2.05) is 7.05 Å². The highest BCUT2D eigenvalue weighted by Crippen LogP contribution is 2.25. The number of aromatic nitrogens is 3. The SMILES string of the molecule is CCC(C)(C)N(C)c1nc(Cl)nc(N2CCCCC2)n1. The predicted molar refractivity (Wildman–Crippen MR) is 83.7 cm³/mol. The van der Waals surface area contributed by atoms with Gasteiger partial charge in [0.1, 0.15) is 0 Å². The molecule has 1 saturated heterocycles. The van der Waals surface area contributed by atoms with Crippen LogP contribution >= 0.6 is 11.6 Å². The van der Waals surface area contributed by atoms with Crippen LogP contribution in [0, 0.1) is 0 Å². The van der Waals surface area contributed by atoms with Crippen molar-refractivity contribution in [3.05, 3.63) is 5.28 Å². The van der Waals surface area contributed by atoms with E-state index in [2.05, 4.69) is 45.5 Å². The van der Waals surface area contributed by atoms with Crippen molar-refractivity contribution in [1.82, 2.24) is 15.0 Å². The Labute approximate surface area is 126 Å². The second-order valence-electron chi connectivity index (χ2n) is 5.98. The molecule has 0 N–H and O–H groups in total. The van der Waals surface area contributed by atoms with Crippen LogP contribution in [0.25, 0.3) is 0 Å². The molecule has 1 fully saturated rings. The molecule has 0 unspecified atom stereocenters. The van der Waals surface area contributed by atoms with Gasteiger partial charge in [0.15, 0.2) is 0 Å². The smallest absolute Gasteiger partial charge is 0.231 e. The fourth-order valence-corrected chi connectivity index (χ4v) is 2.37. The molecule has 1 aromatic heterocycles. The molecule has 2 heterocycles. The fourth-order valence-electron chi connectivity index (χ4n) is 2.22. The fraction of sp³-hybridized carbons (Fsp3) is 0.786. The molecule has 0 amide bonds. The lowest BCUT2D eigenvalue weighted by Crippen LogP contribution is -2.42. The molecule has 0 atom stereocenters. The summed E-state index contributed by atoms with van der Waals surface area (Å²) in [5.41, 5.74) is -0.0101. The van der Waals surface area contributed by atoms with Gasteiger partial charge < -0.3 is 9.80 Å². The van der Waals surface area contributed by atoms with Crippen LogP contribution in [0.4, 0.5) is 11.9 Å². The van der Waals surface area contributed by atoms with Gasteiger partial charge in [0.2, 0.25) is 17.2 Å². The third-order valence-corrected chi connectivity index (χ3v) is 4.47. The van der Waals surface area contributed by atoms with Gasteiger partial charge in [0.05, 0.1) is 0 Å². The predicted octanol–water partition coefficient (Wildman–Crippen LogP) is 3.14. The van der Waals surface area contributed by atoms with Crippen molar-refractivity contribution in [3.8, 4) is 0 Å². The van der Waals surface area contributed by atoms with Crippen LogP contribution in [-0.4, -0.2) is 40.6 Å². The second-order valence-corrected chi connectivity index (χ2v) is 6.32. The van der Waals surface area contributed by atoms with Crippen molar-refractivity contribution >= 4 is 23.5 Å². The van der Waals surface area contributed by atoms with Crippen LogP contribution in [0.5, 0.6) is 0 Å². The maximum Gasteiger partial charge on any atom is 0.231 e. The summed E-state index contributed by atoms with van der Waals surface area (Å²) in [6.07, 6.45) is 4.67. The molecular formula is C14H24ClN5. The minimum absolute atomic E-state index is 0.0101. The largest absolute Gasteiger partial charge is 0.341 e. The highest BCUT2D eigenvalue weighted by atomic mass is 35.5. The molecule has 0 saturated carbocycles. The summed E-state index contributed by atoms with van der Waals surface area (Å²) in [6, 6.07) is 0. The molecule has 1 aliphatic heterocycles. The first-order chi connectivity index (χ1) is 9.44. The van der Waals surface area contributed by atoms with E-state index in [9.17, 15) is 0 Å². The average molecular weight is 298 g/mol. The lowest BCUT2D eigenvalue weighted by molar-refractivity contribution is 0.462. The van der Waals surface area contributed by atoms with E-state index < -0.39 is 0 Å². The summed E-state index contributed by atoms with van der Waals surface area (Å²) in [5, 5.41) is 0.273. The van der Waals surface area contributed by atoms with E-state index in [-0.39, 0.29) is 10.8 Å². The number of anilines is 2. The van der Waals surface area contributed by atoms with Gasteiger partial charge in [-0.1, -0.05) is 6.92 Å². The highest BCUT2D eigenvalue weighted by Gasteiger charge is 2.25. The van der Waals surface area contributed by atoms with E-state index in [1.165, 1.54) is 19.3 Å². The Balaban J connectivity index is 2.28. The topological polar surface area (TPSA) is 45.2 Å². The Morgan fingerprint density at radius 2 is 1.80 bits per heavy atom. The van der Waals surface area contributed by atoms with E-state index in [0.29, 0.717) is 11.9 Å². The summed E-state index contributed by atoms with van der Waals surface area (Å²) in [7, 11) is 2.01. The highest BCUT2D eigenvalue weighted by molar-refractivity contribution is 6.28. The number of rotatable bonds is 4. The van der Waals surface area contributed by atoms with Gasteiger partial charge in [-0.05, 0) is 51.1 Å².